The van der Waals surface area contributed by atoms with Crippen LogP contribution in [0, 0.1) is 0 Å². The second-order valence-corrected chi connectivity index (χ2v) is 4.28. The van der Waals surface area contributed by atoms with Gasteiger partial charge in [-0.05, 0) is 12.2 Å². The lowest BCUT2D eigenvalue weighted by atomic mass is 9.81. The van der Waals surface area contributed by atoms with E-state index in [-0.39, 0.29) is 0 Å². The SMILES string of the molecule is OC[C@@]12C=C[C@@](CO)(O1)C(C(F)(F)F)=C2C(F)(F)F. The van der Waals surface area contributed by atoms with E-state index >= 15 is 0 Å². The highest BCUT2D eigenvalue weighted by molar-refractivity contribution is 5.54. The zero-order valence-corrected chi connectivity index (χ0v) is 9.14. The van der Waals surface area contributed by atoms with Gasteiger partial charge in [-0.1, -0.05) is 0 Å². The molecule has 0 aliphatic carbocycles. The fourth-order valence-corrected chi connectivity index (χ4v) is 2.45. The number of hydrogen-bond acceptors (Lipinski definition) is 3. The highest BCUT2D eigenvalue weighted by atomic mass is 19.4. The predicted octanol–water partition coefficient (Wildman–Crippen LogP) is 1.47. The Labute approximate surface area is 102 Å². The summed E-state index contributed by atoms with van der Waals surface area (Å²) in [6.07, 6.45) is -9.28. The first-order valence-electron chi connectivity index (χ1n) is 5.04. The van der Waals surface area contributed by atoms with Crippen molar-refractivity contribution in [2.45, 2.75) is 23.6 Å². The van der Waals surface area contributed by atoms with E-state index in [1.807, 2.05) is 0 Å². The van der Waals surface area contributed by atoms with Gasteiger partial charge in [0, 0.05) is 0 Å². The van der Waals surface area contributed by atoms with Crippen molar-refractivity contribution < 1.29 is 41.3 Å². The average Bonchev–Trinajstić information content (AvgIpc) is 2.79. The summed E-state index contributed by atoms with van der Waals surface area (Å²) in [6, 6.07) is 0. The standard InChI is InChI=1S/C10H8F6O3/c11-9(12,13)5-6(10(14,15)16)8(4-18)2-1-7(5,3-17)19-8/h1-2,17-18H,3-4H2/t7-,8+. The van der Waals surface area contributed by atoms with E-state index in [2.05, 4.69) is 0 Å². The summed E-state index contributed by atoms with van der Waals surface area (Å²) in [6.45, 7) is -2.61. The lowest BCUT2D eigenvalue weighted by Crippen LogP contribution is -2.39. The van der Waals surface area contributed by atoms with E-state index < -0.39 is 47.9 Å². The molecular formula is C10H8F6O3. The molecule has 0 spiro atoms. The molecule has 0 fully saturated rings. The van der Waals surface area contributed by atoms with Gasteiger partial charge < -0.3 is 14.9 Å². The van der Waals surface area contributed by atoms with E-state index in [0.29, 0.717) is 12.2 Å². The minimum atomic E-state index is -5.34. The van der Waals surface area contributed by atoms with Crippen LogP contribution in [0.5, 0.6) is 0 Å². The van der Waals surface area contributed by atoms with Crippen LogP contribution >= 0.6 is 0 Å². The molecule has 0 amide bonds. The summed E-state index contributed by atoms with van der Waals surface area (Å²) in [5.41, 5.74) is -9.23. The van der Waals surface area contributed by atoms with Gasteiger partial charge in [-0.2, -0.15) is 26.3 Å². The molecule has 2 N–H and O–H groups in total. The molecular weight excluding hydrogens is 282 g/mol. The number of fused-ring (bicyclic) bond motifs is 2. The molecule has 2 aliphatic rings. The van der Waals surface area contributed by atoms with Gasteiger partial charge in [0.25, 0.3) is 0 Å². The molecule has 2 aliphatic heterocycles. The van der Waals surface area contributed by atoms with Gasteiger partial charge >= 0.3 is 12.4 Å². The van der Waals surface area contributed by atoms with Crippen LogP contribution in [0.25, 0.3) is 0 Å². The monoisotopic (exact) mass is 290 g/mol. The molecule has 2 rings (SSSR count). The van der Waals surface area contributed by atoms with Crippen molar-refractivity contribution in [3.63, 3.8) is 0 Å². The van der Waals surface area contributed by atoms with E-state index in [1.54, 1.807) is 0 Å². The lowest BCUT2D eigenvalue weighted by Gasteiger charge is -2.26. The highest BCUT2D eigenvalue weighted by Gasteiger charge is 2.69. The molecule has 0 aromatic carbocycles. The van der Waals surface area contributed by atoms with Crippen molar-refractivity contribution in [1.29, 1.82) is 0 Å². The fraction of sp³-hybridized carbons (Fsp3) is 0.600. The summed E-state index contributed by atoms with van der Waals surface area (Å²) in [5, 5.41) is 18.0. The predicted molar refractivity (Wildman–Crippen MR) is 49.0 cm³/mol. The second kappa shape index (κ2) is 3.74. The average molecular weight is 290 g/mol. The topological polar surface area (TPSA) is 49.7 Å². The Balaban J connectivity index is 2.75. The number of halogens is 6. The number of alkyl halides is 6. The van der Waals surface area contributed by atoms with Crippen LogP contribution in [0.15, 0.2) is 23.3 Å². The Bertz CT molecular complexity index is 423. The first-order valence-corrected chi connectivity index (χ1v) is 5.04. The molecule has 0 aromatic rings. The number of hydrogen-bond donors (Lipinski definition) is 2. The van der Waals surface area contributed by atoms with Gasteiger partial charge in [0.1, 0.15) is 11.2 Å². The van der Waals surface area contributed by atoms with Crippen LogP contribution in [-0.4, -0.2) is 47.0 Å². The zero-order valence-electron chi connectivity index (χ0n) is 9.14. The molecule has 0 aromatic heterocycles. The largest absolute Gasteiger partial charge is 0.416 e. The maximum atomic E-state index is 12.9. The smallest absolute Gasteiger partial charge is 0.393 e. The lowest BCUT2D eigenvalue weighted by molar-refractivity contribution is -0.135. The van der Waals surface area contributed by atoms with Gasteiger partial charge in [-0.3, -0.25) is 0 Å². The highest BCUT2D eigenvalue weighted by Crippen LogP contribution is 2.58. The number of ether oxygens (including phenoxy) is 1. The first kappa shape index (κ1) is 14.4. The molecule has 2 bridgehead atoms. The quantitative estimate of drug-likeness (QED) is 0.598. The van der Waals surface area contributed by atoms with Crippen LogP contribution in [0.4, 0.5) is 26.3 Å². The molecule has 19 heavy (non-hydrogen) atoms. The third kappa shape index (κ3) is 1.79. The third-order valence-corrected chi connectivity index (χ3v) is 3.12. The third-order valence-electron chi connectivity index (χ3n) is 3.12. The minimum Gasteiger partial charge on any atom is -0.393 e. The maximum Gasteiger partial charge on any atom is 0.416 e. The van der Waals surface area contributed by atoms with Gasteiger partial charge in [0.15, 0.2) is 0 Å². The van der Waals surface area contributed by atoms with Crippen molar-refractivity contribution in [2.75, 3.05) is 13.2 Å². The summed E-state index contributed by atoms with van der Waals surface area (Å²) in [4.78, 5) is 0. The van der Waals surface area contributed by atoms with E-state index in [1.165, 1.54) is 0 Å². The Morgan fingerprint density at radius 2 is 1.16 bits per heavy atom. The molecule has 9 heteroatoms. The number of rotatable bonds is 2. The molecule has 0 unspecified atom stereocenters. The summed E-state index contributed by atoms with van der Waals surface area (Å²) in [5.74, 6) is 0. The number of aliphatic hydroxyl groups is 2. The van der Waals surface area contributed by atoms with Crippen LogP contribution < -0.4 is 0 Å². The Morgan fingerprint density at radius 1 is 0.842 bits per heavy atom. The van der Waals surface area contributed by atoms with Crippen molar-refractivity contribution in [3.05, 3.63) is 23.3 Å². The fourth-order valence-electron chi connectivity index (χ4n) is 2.45. The Morgan fingerprint density at radius 3 is 1.37 bits per heavy atom. The van der Waals surface area contributed by atoms with E-state index in [4.69, 9.17) is 14.9 Å². The van der Waals surface area contributed by atoms with Crippen LogP contribution in [0.2, 0.25) is 0 Å². The molecule has 0 saturated carbocycles. The van der Waals surface area contributed by atoms with Crippen LogP contribution in [0.1, 0.15) is 0 Å². The summed E-state index contributed by atoms with van der Waals surface area (Å²) in [7, 11) is 0. The van der Waals surface area contributed by atoms with Gasteiger partial charge in [0.2, 0.25) is 0 Å². The molecule has 2 atom stereocenters. The van der Waals surface area contributed by atoms with Gasteiger partial charge in [-0.15, -0.1) is 0 Å². The zero-order chi connectivity index (χ0) is 14.7. The van der Waals surface area contributed by atoms with Gasteiger partial charge in [-0.25, -0.2) is 0 Å². The molecule has 0 saturated heterocycles. The molecule has 2 heterocycles. The Kier molecular flexibility index (Phi) is 2.82. The summed E-state index contributed by atoms with van der Waals surface area (Å²) < 4.78 is 81.9. The van der Waals surface area contributed by atoms with Crippen molar-refractivity contribution >= 4 is 0 Å². The van der Waals surface area contributed by atoms with Crippen molar-refractivity contribution in [3.8, 4) is 0 Å². The molecule has 3 nitrogen and oxygen atoms in total. The molecule has 108 valence electrons. The molecule has 0 radical (unpaired) electrons. The van der Waals surface area contributed by atoms with Crippen LogP contribution in [0.3, 0.4) is 0 Å². The van der Waals surface area contributed by atoms with Crippen molar-refractivity contribution in [2.24, 2.45) is 0 Å². The Hall–Kier alpha value is -1.06. The number of aliphatic hydroxyl groups excluding tert-OH is 2. The van der Waals surface area contributed by atoms with E-state index in [9.17, 15) is 26.3 Å². The van der Waals surface area contributed by atoms with E-state index in [0.717, 1.165) is 0 Å². The van der Waals surface area contributed by atoms with Crippen molar-refractivity contribution in [1.82, 2.24) is 0 Å². The van der Waals surface area contributed by atoms with Crippen LogP contribution in [-0.2, 0) is 4.74 Å². The van der Waals surface area contributed by atoms with Gasteiger partial charge in [0.05, 0.1) is 24.4 Å². The minimum absolute atomic E-state index is 0.696. The second-order valence-electron chi connectivity index (χ2n) is 4.28. The normalized spacial score (nSPS) is 34.5. The summed E-state index contributed by atoms with van der Waals surface area (Å²) >= 11 is 0. The first-order chi connectivity index (χ1) is 8.52. The maximum absolute atomic E-state index is 12.9.